The van der Waals surface area contributed by atoms with Crippen LogP contribution in [0.4, 0.5) is 17.1 Å². The summed E-state index contributed by atoms with van der Waals surface area (Å²) in [4.78, 5) is 10.1. The summed E-state index contributed by atoms with van der Waals surface area (Å²) >= 11 is 0. The van der Waals surface area contributed by atoms with E-state index >= 15 is 0 Å². The number of benzene rings is 2. The molecule has 0 aliphatic rings. The first kappa shape index (κ1) is 13.5. The molecule has 2 rings (SSSR count). The van der Waals surface area contributed by atoms with Gasteiger partial charge in [0.15, 0.2) is 5.69 Å². The molecule has 0 radical (unpaired) electrons. The van der Waals surface area contributed by atoms with Crippen LogP contribution in [0.25, 0.3) is 0 Å². The number of phenolic OH excluding ortho intramolecular Hbond substituents is 2. The minimum Gasteiger partial charge on any atom is -0.505 e. The molecule has 0 saturated carbocycles. The van der Waals surface area contributed by atoms with Gasteiger partial charge in [0.25, 0.3) is 0 Å². The summed E-state index contributed by atoms with van der Waals surface area (Å²) in [6.45, 7) is 1.41. The Balaban J connectivity index is 2.50. The second kappa shape index (κ2) is 5.35. The zero-order chi connectivity index (χ0) is 14.7. The molecule has 2 N–H and O–H groups in total. The number of hydrogen-bond donors (Lipinski definition) is 2. The third-order valence-corrected chi connectivity index (χ3v) is 2.62. The zero-order valence-corrected chi connectivity index (χ0v) is 10.5. The molecule has 0 aliphatic heterocycles. The van der Waals surface area contributed by atoms with Crippen LogP contribution >= 0.6 is 0 Å². The maximum atomic E-state index is 10.9. The molecular formula is C13H11N3O4. The van der Waals surface area contributed by atoms with Crippen molar-refractivity contribution in [3.63, 3.8) is 0 Å². The Kier molecular flexibility index (Phi) is 3.60. The van der Waals surface area contributed by atoms with Crippen molar-refractivity contribution in [2.45, 2.75) is 6.92 Å². The predicted molar refractivity (Wildman–Crippen MR) is 71.8 cm³/mol. The lowest BCUT2D eigenvalue weighted by molar-refractivity contribution is -0.386. The van der Waals surface area contributed by atoms with Crippen molar-refractivity contribution in [1.82, 2.24) is 0 Å². The Morgan fingerprint density at radius 1 is 1.15 bits per heavy atom. The highest BCUT2D eigenvalue weighted by Gasteiger charge is 2.24. The molecule has 0 bridgehead atoms. The summed E-state index contributed by atoms with van der Waals surface area (Å²) in [5.74, 6) is -1.07. The van der Waals surface area contributed by atoms with Gasteiger partial charge in [-0.2, -0.15) is 5.11 Å². The molecule has 0 atom stereocenters. The standard InChI is InChI=1S/C13H11N3O4/c1-8-7-10(17)11(13(18)12(8)16(19)20)15-14-9-5-3-2-4-6-9/h2-7,17-18H,1H3. The van der Waals surface area contributed by atoms with Crippen molar-refractivity contribution >= 4 is 17.1 Å². The van der Waals surface area contributed by atoms with Gasteiger partial charge in [-0.3, -0.25) is 10.1 Å². The quantitative estimate of drug-likeness (QED) is 0.504. The fourth-order valence-electron chi connectivity index (χ4n) is 1.69. The van der Waals surface area contributed by atoms with Gasteiger partial charge in [-0.1, -0.05) is 18.2 Å². The SMILES string of the molecule is Cc1cc(O)c(N=Nc2ccccc2)c(O)c1[N+](=O)[O-]. The Morgan fingerprint density at radius 3 is 2.40 bits per heavy atom. The Bertz CT molecular complexity index is 684. The van der Waals surface area contributed by atoms with E-state index in [1.165, 1.54) is 6.92 Å². The molecule has 2 aromatic carbocycles. The van der Waals surface area contributed by atoms with Gasteiger partial charge < -0.3 is 10.2 Å². The minimum absolute atomic E-state index is 0.142. The van der Waals surface area contributed by atoms with Crippen LogP contribution in [0.5, 0.6) is 11.5 Å². The van der Waals surface area contributed by atoms with Crippen molar-refractivity contribution in [3.8, 4) is 11.5 Å². The summed E-state index contributed by atoms with van der Waals surface area (Å²) in [5, 5.41) is 37.9. The highest BCUT2D eigenvalue weighted by atomic mass is 16.6. The van der Waals surface area contributed by atoms with Gasteiger partial charge in [-0.15, -0.1) is 5.11 Å². The lowest BCUT2D eigenvalue weighted by atomic mass is 10.1. The summed E-state index contributed by atoms with van der Waals surface area (Å²) in [7, 11) is 0. The van der Waals surface area contributed by atoms with Gasteiger partial charge in [0.05, 0.1) is 10.6 Å². The van der Waals surface area contributed by atoms with Gasteiger partial charge in [-0.05, 0) is 25.1 Å². The number of phenols is 2. The summed E-state index contributed by atoms with van der Waals surface area (Å²) in [5.41, 5.74) is -0.186. The fraction of sp³-hybridized carbons (Fsp3) is 0.0769. The maximum absolute atomic E-state index is 10.9. The van der Waals surface area contributed by atoms with Crippen molar-refractivity contribution in [3.05, 3.63) is 52.1 Å². The van der Waals surface area contributed by atoms with Crippen LogP contribution in [-0.4, -0.2) is 15.1 Å². The topological polar surface area (TPSA) is 108 Å². The van der Waals surface area contributed by atoms with E-state index in [-0.39, 0.29) is 17.0 Å². The summed E-state index contributed by atoms with van der Waals surface area (Å²) < 4.78 is 0. The molecule has 0 spiro atoms. The van der Waals surface area contributed by atoms with Crippen LogP contribution in [0.3, 0.4) is 0 Å². The van der Waals surface area contributed by atoms with Crippen molar-refractivity contribution < 1.29 is 15.1 Å². The third-order valence-electron chi connectivity index (χ3n) is 2.62. The van der Waals surface area contributed by atoms with Crippen LogP contribution in [0.1, 0.15) is 5.56 Å². The number of azo groups is 1. The molecule has 0 heterocycles. The molecule has 0 aromatic heterocycles. The molecule has 7 nitrogen and oxygen atoms in total. The van der Waals surface area contributed by atoms with Crippen LogP contribution in [-0.2, 0) is 0 Å². The van der Waals surface area contributed by atoms with E-state index in [4.69, 9.17) is 0 Å². The number of aromatic hydroxyl groups is 2. The Labute approximate surface area is 114 Å². The number of hydrogen-bond acceptors (Lipinski definition) is 6. The number of nitro groups is 1. The molecule has 102 valence electrons. The number of rotatable bonds is 3. The second-order valence-electron chi connectivity index (χ2n) is 4.05. The lowest BCUT2D eigenvalue weighted by Crippen LogP contribution is -1.92. The van der Waals surface area contributed by atoms with Gasteiger partial charge in [0.2, 0.25) is 5.75 Å². The van der Waals surface area contributed by atoms with E-state index in [1.807, 2.05) is 0 Å². The smallest absolute Gasteiger partial charge is 0.316 e. The zero-order valence-electron chi connectivity index (χ0n) is 10.5. The van der Waals surface area contributed by atoms with E-state index in [0.717, 1.165) is 6.07 Å². The summed E-state index contributed by atoms with van der Waals surface area (Å²) in [6.07, 6.45) is 0. The molecule has 0 aliphatic carbocycles. The van der Waals surface area contributed by atoms with E-state index < -0.39 is 16.4 Å². The van der Waals surface area contributed by atoms with Crippen molar-refractivity contribution in [2.75, 3.05) is 0 Å². The average molecular weight is 273 g/mol. The van der Waals surface area contributed by atoms with E-state index in [9.17, 15) is 20.3 Å². The maximum Gasteiger partial charge on any atom is 0.316 e. The predicted octanol–water partition coefficient (Wildman–Crippen LogP) is 3.73. The molecule has 20 heavy (non-hydrogen) atoms. The molecule has 0 fully saturated rings. The monoisotopic (exact) mass is 273 g/mol. The first-order valence-electron chi connectivity index (χ1n) is 5.67. The van der Waals surface area contributed by atoms with Crippen LogP contribution in [0, 0.1) is 17.0 Å². The second-order valence-corrected chi connectivity index (χ2v) is 4.05. The van der Waals surface area contributed by atoms with Gasteiger partial charge in [0.1, 0.15) is 5.75 Å². The lowest BCUT2D eigenvalue weighted by Gasteiger charge is -2.04. The van der Waals surface area contributed by atoms with Crippen molar-refractivity contribution in [2.24, 2.45) is 10.2 Å². The number of nitro benzene ring substituents is 1. The van der Waals surface area contributed by atoms with Crippen LogP contribution in [0.2, 0.25) is 0 Å². The Morgan fingerprint density at radius 2 is 1.80 bits per heavy atom. The van der Waals surface area contributed by atoms with Crippen molar-refractivity contribution in [1.29, 1.82) is 0 Å². The molecule has 2 aromatic rings. The first-order chi connectivity index (χ1) is 9.50. The van der Waals surface area contributed by atoms with Gasteiger partial charge >= 0.3 is 5.69 Å². The molecular weight excluding hydrogens is 262 g/mol. The normalized spacial score (nSPS) is 10.8. The van der Waals surface area contributed by atoms with E-state index in [2.05, 4.69) is 10.2 Å². The van der Waals surface area contributed by atoms with Crippen LogP contribution in [0.15, 0.2) is 46.6 Å². The Hall–Kier alpha value is -2.96. The molecule has 0 unspecified atom stereocenters. The molecule has 0 saturated heterocycles. The van der Waals surface area contributed by atoms with E-state index in [1.54, 1.807) is 30.3 Å². The summed E-state index contributed by atoms with van der Waals surface area (Å²) in [6, 6.07) is 9.78. The first-order valence-corrected chi connectivity index (χ1v) is 5.67. The number of aryl methyl sites for hydroxylation is 1. The highest BCUT2D eigenvalue weighted by Crippen LogP contribution is 2.45. The van der Waals surface area contributed by atoms with Gasteiger partial charge in [-0.25, -0.2) is 0 Å². The van der Waals surface area contributed by atoms with E-state index in [0.29, 0.717) is 5.69 Å². The minimum atomic E-state index is -0.731. The average Bonchev–Trinajstić information content (AvgIpc) is 2.38. The van der Waals surface area contributed by atoms with Gasteiger partial charge in [0, 0.05) is 5.56 Å². The largest absolute Gasteiger partial charge is 0.505 e. The number of nitrogens with zero attached hydrogens (tertiary/aromatic N) is 3. The highest BCUT2D eigenvalue weighted by molar-refractivity contribution is 5.71. The third kappa shape index (κ3) is 2.56. The van der Waals surface area contributed by atoms with Crippen LogP contribution < -0.4 is 0 Å². The molecule has 0 amide bonds. The fourth-order valence-corrected chi connectivity index (χ4v) is 1.69. The molecule has 7 heteroatoms.